The van der Waals surface area contributed by atoms with Crippen LogP contribution in [0.1, 0.15) is 28.5 Å². The largest absolute Gasteiger partial charge is 0.469 e. The summed E-state index contributed by atoms with van der Waals surface area (Å²) < 4.78 is 5.30. The summed E-state index contributed by atoms with van der Waals surface area (Å²) in [5, 5.41) is 0. The van der Waals surface area contributed by atoms with Crippen LogP contribution in [0.4, 0.5) is 0 Å². The van der Waals surface area contributed by atoms with Crippen molar-refractivity contribution in [2.24, 2.45) is 0 Å². The second-order valence-electron chi connectivity index (χ2n) is 3.85. The van der Waals surface area contributed by atoms with Crippen LogP contribution < -0.4 is 0 Å². The highest BCUT2D eigenvalue weighted by molar-refractivity contribution is 5.96. The van der Waals surface area contributed by atoms with Crippen LogP contribution in [0.15, 0.2) is 65.8 Å². The van der Waals surface area contributed by atoms with Crippen LogP contribution in [0.2, 0.25) is 0 Å². The molecule has 1 atom stereocenters. The van der Waals surface area contributed by atoms with Crippen LogP contribution >= 0.6 is 0 Å². The number of rotatable bonds is 5. The minimum atomic E-state index is -0.0577. The molecule has 1 aromatic heterocycles. The van der Waals surface area contributed by atoms with Gasteiger partial charge >= 0.3 is 0 Å². The molecular weight excluding hydrogens is 212 g/mol. The average Bonchev–Trinajstić information content (AvgIpc) is 2.90. The van der Waals surface area contributed by atoms with Gasteiger partial charge in [0.2, 0.25) is 0 Å². The van der Waals surface area contributed by atoms with E-state index in [1.165, 1.54) is 0 Å². The third-order valence-corrected chi connectivity index (χ3v) is 2.69. The van der Waals surface area contributed by atoms with Gasteiger partial charge in [0.15, 0.2) is 5.78 Å². The van der Waals surface area contributed by atoms with Crippen LogP contribution in [0, 0.1) is 0 Å². The second kappa shape index (κ2) is 5.30. The number of carbonyl (C=O) groups excluding carboxylic acids is 1. The highest BCUT2D eigenvalue weighted by Gasteiger charge is 2.16. The van der Waals surface area contributed by atoms with E-state index in [9.17, 15) is 4.79 Å². The first kappa shape index (κ1) is 11.4. The van der Waals surface area contributed by atoms with E-state index in [1.807, 2.05) is 42.5 Å². The zero-order chi connectivity index (χ0) is 12.1. The Kier molecular flexibility index (Phi) is 3.55. The Morgan fingerprint density at radius 3 is 2.59 bits per heavy atom. The number of Topliss-reactive ketones (excluding diaryl/α,β-unsaturated/α-hetero) is 1. The second-order valence-corrected chi connectivity index (χ2v) is 3.85. The Morgan fingerprint density at radius 1 is 1.24 bits per heavy atom. The number of benzene rings is 1. The fourth-order valence-electron chi connectivity index (χ4n) is 1.74. The molecule has 86 valence electrons. The van der Waals surface area contributed by atoms with Gasteiger partial charge in [0.05, 0.1) is 6.26 Å². The summed E-state index contributed by atoms with van der Waals surface area (Å²) >= 11 is 0. The van der Waals surface area contributed by atoms with Crippen molar-refractivity contribution in [2.45, 2.75) is 12.3 Å². The number of furan rings is 1. The van der Waals surface area contributed by atoms with E-state index in [1.54, 1.807) is 12.3 Å². The number of hydrogen-bond acceptors (Lipinski definition) is 2. The van der Waals surface area contributed by atoms with Gasteiger partial charge in [-0.05, 0) is 12.1 Å². The SMILES string of the molecule is C=C[C@H](CC(=O)c1ccccc1)c1ccco1. The van der Waals surface area contributed by atoms with E-state index in [-0.39, 0.29) is 11.7 Å². The summed E-state index contributed by atoms with van der Waals surface area (Å²) in [5.74, 6) is 0.828. The van der Waals surface area contributed by atoms with Crippen LogP contribution in [0.25, 0.3) is 0 Å². The number of ketones is 1. The minimum Gasteiger partial charge on any atom is -0.469 e. The highest BCUT2D eigenvalue weighted by Crippen LogP contribution is 2.23. The highest BCUT2D eigenvalue weighted by atomic mass is 16.3. The molecule has 0 unspecified atom stereocenters. The molecule has 0 aliphatic heterocycles. The summed E-state index contributed by atoms with van der Waals surface area (Å²) in [6, 6.07) is 13.0. The monoisotopic (exact) mass is 226 g/mol. The van der Waals surface area contributed by atoms with Crippen LogP contribution in [0.3, 0.4) is 0 Å². The lowest BCUT2D eigenvalue weighted by Crippen LogP contribution is -2.05. The molecule has 0 spiro atoms. The summed E-state index contributed by atoms with van der Waals surface area (Å²) in [7, 11) is 0. The molecule has 0 fully saturated rings. The molecule has 0 aliphatic carbocycles. The number of hydrogen-bond donors (Lipinski definition) is 0. The van der Waals surface area contributed by atoms with Gasteiger partial charge in [-0.3, -0.25) is 4.79 Å². The van der Waals surface area contributed by atoms with Crippen LogP contribution in [0.5, 0.6) is 0 Å². The van der Waals surface area contributed by atoms with Gasteiger partial charge in [0, 0.05) is 17.9 Å². The smallest absolute Gasteiger partial charge is 0.163 e. The fourth-order valence-corrected chi connectivity index (χ4v) is 1.74. The molecule has 2 aromatic rings. The average molecular weight is 226 g/mol. The number of allylic oxidation sites excluding steroid dienone is 1. The molecule has 0 radical (unpaired) electrons. The third kappa shape index (κ3) is 2.72. The van der Waals surface area contributed by atoms with E-state index in [0.717, 1.165) is 11.3 Å². The van der Waals surface area contributed by atoms with Crippen molar-refractivity contribution in [3.05, 3.63) is 72.7 Å². The standard InChI is InChI=1S/C15H14O2/c1-2-12(15-9-6-10-17-15)11-14(16)13-7-4-3-5-8-13/h2-10,12H,1,11H2/t12-/m1/s1. The maximum Gasteiger partial charge on any atom is 0.163 e. The summed E-state index contributed by atoms with van der Waals surface area (Å²) in [5.41, 5.74) is 0.728. The molecule has 0 N–H and O–H groups in total. The Hall–Kier alpha value is -2.09. The van der Waals surface area contributed by atoms with Crippen molar-refractivity contribution in [1.29, 1.82) is 0 Å². The van der Waals surface area contributed by atoms with Gasteiger partial charge in [0.25, 0.3) is 0 Å². The predicted molar refractivity (Wildman–Crippen MR) is 67.0 cm³/mol. The molecule has 0 amide bonds. The van der Waals surface area contributed by atoms with Crippen molar-refractivity contribution < 1.29 is 9.21 Å². The molecule has 2 rings (SSSR count). The number of carbonyl (C=O) groups is 1. The Balaban J connectivity index is 2.10. The van der Waals surface area contributed by atoms with Gasteiger partial charge in [-0.2, -0.15) is 0 Å². The Labute approximate surface area is 101 Å². The summed E-state index contributed by atoms with van der Waals surface area (Å²) in [4.78, 5) is 12.0. The van der Waals surface area contributed by atoms with Gasteiger partial charge in [0.1, 0.15) is 5.76 Å². The minimum absolute atomic E-state index is 0.0577. The van der Waals surface area contributed by atoms with E-state index < -0.39 is 0 Å². The van der Waals surface area contributed by atoms with E-state index >= 15 is 0 Å². The van der Waals surface area contributed by atoms with E-state index in [2.05, 4.69) is 6.58 Å². The summed E-state index contributed by atoms with van der Waals surface area (Å²) in [6.07, 6.45) is 3.75. The molecule has 17 heavy (non-hydrogen) atoms. The molecule has 0 aliphatic rings. The zero-order valence-electron chi connectivity index (χ0n) is 9.50. The normalized spacial score (nSPS) is 12.0. The maximum absolute atomic E-state index is 12.0. The lowest BCUT2D eigenvalue weighted by Gasteiger charge is -2.08. The third-order valence-electron chi connectivity index (χ3n) is 2.69. The molecule has 0 saturated carbocycles. The Morgan fingerprint density at radius 2 is 2.00 bits per heavy atom. The lowest BCUT2D eigenvalue weighted by molar-refractivity contribution is 0.0976. The van der Waals surface area contributed by atoms with Crippen LogP contribution in [-0.4, -0.2) is 5.78 Å². The molecule has 0 saturated heterocycles. The van der Waals surface area contributed by atoms with Crippen molar-refractivity contribution in [3.8, 4) is 0 Å². The maximum atomic E-state index is 12.0. The van der Waals surface area contributed by atoms with E-state index in [0.29, 0.717) is 6.42 Å². The zero-order valence-corrected chi connectivity index (χ0v) is 9.50. The Bertz CT molecular complexity index is 483. The van der Waals surface area contributed by atoms with E-state index in [4.69, 9.17) is 4.42 Å². The topological polar surface area (TPSA) is 30.2 Å². The van der Waals surface area contributed by atoms with Gasteiger partial charge in [-0.15, -0.1) is 6.58 Å². The molecule has 2 heteroatoms. The van der Waals surface area contributed by atoms with Gasteiger partial charge < -0.3 is 4.42 Å². The first-order chi connectivity index (χ1) is 8.31. The van der Waals surface area contributed by atoms with Crippen molar-refractivity contribution in [3.63, 3.8) is 0 Å². The van der Waals surface area contributed by atoms with Crippen molar-refractivity contribution in [2.75, 3.05) is 0 Å². The molecule has 1 heterocycles. The molecule has 2 nitrogen and oxygen atoms in total. The molecule has 1 aromatic carbocycles. The first-order valence-corrected chi connectivity index (χ1v) is 5.55. The molecule has 0 bridgehead atoms. The van der Waals surface area contributed by atoms with Crippen molar-refractivity contribution >= 4 is 5.78 Å². The van der Waals surface area contributed by atoms with Gasteiger partial charge in [-0.1, -0.05) is 36.4 Å². The lowest BCUT2D eigenvalue weighted by atomic mass is 9.96. The summed E-state index contributed by atoms with van der Waals surface area (Å²) in [6.45, 7) is 3.75. The van der Waals surface area contributed by atoms with Gasteiger partial charge in [-0.25, -0.2) is 0 Å². The quantitative estimate of drug-likeness (QED) is 0.573. The first-order valence-electron chi connectivity index (χ1n) is 5.55. The predicted octanol–water partition coefficient (Wildman–Crippen LogP) is 3.82. The fraction of sp³-hybridized carbons (Fsp3) is 0.133. The molecular formula is C15H14O2. The van der Waals surface area contributed by atoms with Crippen LogP contribution in [-0.2, 0) is 0 Å². The van der Waals surface area contributed by atoms with Crippen molar-refractivity contribution in [1.82, 2.24) is 0 Å².